The lowest BCUT2D eigenvalue weighted by Crippen LogP contribution is -2.10. The molecule has 52 valence electrons. The SMILES string of the molecule is N[11C](=O)c1ccc(O)cc1. The van der Waals surface area contributed by atoms with Gasteiger partial charge in [0.1, 0.15) is 5.75 Å². The Morgan fingerprint density at radius 3 is 2.20 bits per heavy atom. The van der Waals surface area contributed by atoms with Crippen LogP contribution in [0.3, 0.4) is 0 Å². The molecule has 0 aliphatic heterocycles. The lowest BCUT2D eigenvalue weighted by molar-refractivity contribution is 0.100. The van der Waals surface area contributed by atoms with E-state index in [0.717, 1.165) is 0 Å². The topological polar surface area (TPSA) is 63.3 Å². The Hall–Kier alpha value is -1.51. The number of rotatable bonds is 1. The number of hydrogen-bond donors (Lipinski definition) is 2. The summed E-state index contributed by atoms with van der Waals surface area (Å²) in [5.74, 6) is -0.356. The van der Waals surface area contributed by atoms with E-state index in [1.165, 1.54) is 24.3 Å². The summed E-state index contributed by atoms with van der Waals surface area (Å²) in [7, 11) is 0. The third kappa shape index (κ3) is 1.25. The molecule has 0 aliphatic carbocycles. The highest BCUT2D eigenvalue weighted by Gasteiger charge is 1.96. The highest BCUT2D eigenvalue weighted by Crippen LogP contribution is 2.08. The molecule has 0 radical (unpaired) electrons. The van der Waals surface area contributed by atoms with E-state index in [2.05, 4.69) is 0 Å². The summed E-state index contributed by atoms with van der Waals surface area (Å²) < 4.78 is 0. The van der Waals surface area contributed by atoms with Crippen molar-refractivity contribution >= 4 is 5.91 Å². The average molecular weight is 136 g/mol. The van der Waals surface area contributed by atoms with Crippen LogP contribution >= 0.6 is 0 Å². The molecular formula is C7H7NO2. The van der Waals surface area contributed by atoms with Gasteiger partial charge < -0.3 is 10.8 Å². The monoisotopic (exact) mass is 136 g/mol. The third-order valence-electron chi connectivity index (χ3n) is 1.15. The molecule has 0 fully saturated rings. The number of carbonyl (C=O) groups excluding carboxylic acids is 1. The summed E-state index contributed by atoms with van der Waals surface area (Å²) in [6.45, 7) is 0. The van der Waals surface area contributed by atoms with E-state index in [0.29, 0.717) is 5.56 Å². The minimum absolute atomic E-state index is 0.130. The number of carbonyl (C=O) groups is 1. The number of phenols is 1. The first-order chi connectivity index (χ1) is 4.70. The Morgan fingerprint density at radius 1 is 1.30 bits per heavy atom. The van der Waals surface area contributed by atoms with Crippen molar-refractivity contribution in [3.8, 4) is 5.75 Å². The minimum Gasteiger partial charge on any atom is -0.508 e. The minimum atomic E-state index is -0.486. The predicted octanol–water partition coefficient (Wildman–Crippen LogP) is 0.491. The van der Waals surface area contributed by atoms with Gasteiger partial charge in [-0.25, -0.2) is 0 Å². The van der Waals surface area contributed by atoms with Gasteiger partial charge >= 0.3 is 0 Å². The number of phenolic OH excluding ortho intramolecular Hbond substituents is 1. The molecule has 1 aromatic rings. The Morgan fingerprint density at radius 2 is 1.80 bits per heavy atom. The molecule has 10 heavy (non-hydrogen) atoms. The van der Waals surface area contributed by atoms with Crippen molar-refractivity contribution in [1.82, 2.24) is 0 Å². The van der Waals surface area contributed by atoms with Crippen LogP contribution in [0.2, 0.25) is 0 Å². The highest BCUT2D eigenvalue weighted by atomic mass is 16.3. The predicted molar refractivity (Wildman–Crippen MR) is 36.6 cm³/mol. The molecule has 1 aromatic carbocycles. The molecular weight excluding hydrogens is 129 g/mol. The zero-order valence-corrected chi connectivity index (χ0v) is 5.24. The smallest absolute Gasteiger partial charge is 0.248 e. The maximum atomic E-state index is 10.5. The highest BCUT2D eigenvalue weighted by molar-refractivity contribution is 5.92. The molecule has 0 saturated heterocycles. The van der Waals surface area contributed by atoms with Crippen LogP contribution in [0, 0.1) is 0 Å². The number of hydrogen-bond acceptors (Lipinski definition) is 2. The molecule has 3 nitrogen and oxygen atoms in total. The number of benzene rings is 1. The van der Waals surface area contributed by atoms with Crippen molar-refractivity contribution in [2.45, 2.75) is 0 Å². The molecule has 0 bridgehead atoms. The van der Waals surface area contributed by atoms with Gasteiger partial charge in [-0.15, -0.1) is 0 Å². The van der Waals surface area contributed by atoms with Crippen LogP contribution in [0.1, 0.15) is 10.4 Å². The first-order valence-corrected chi connectivity index (χ1v) is 2.79. The quantitative estimate of drug-likeness (QED) is 0.590. The van der Waals surface area contributed by atoms with Crippen LogP contribution in [-0.4, -0.2) is 11.0 Å². The van der Waals surface area contributed by atoms with Gasteiger partial charge in [-0.3, -0.25) is 4.79 Å². The molecule has 1 amide bonds. The van der Waals surface area contributed by atoms with Crippen LogP contribution in [0.15, 0.2) is 24.3 Å². The van der Waals surface area contributed by atoms with Gasteiger partial charge in [0, 0.05) is 5.56 Å². The van der Waals surface area contributed by atoms with Crippen molar-refractivity contribution in [2.24, 2.45) is 5.73 Å². The second kappa shape index (κ2) is 2.39. The molecule has 0 atom stereocenters. The second-order valence-corrected chi connectivity index (χ2v) is 1.91. The maximum Gasteiger partial charge on any atom is 0.248 e. The third-order valence-corrected chi connectivity index (χ3v) is 1.15. The van der Waals surface area contributed by atoms with Crippen molar-refractivity contribution < 1.29 is 9.90 Å². The molecule has 3 N–H and O–H groups in total. The van der Waals surface area contributed by atoms with E-state index in [1.54, 1.807) is 0 Å². The van der Waals surface area contributed by atoms with E-state index < -0.39 is 5.91 Å². The second-order valence-electron chi connectivity index (χ2n) is 1.91. The first kappa shape index (κ1) is 6.61. The Kier molecular flexibility index (Phi) is 1.58. The van der Waals surface area contributed by atoms with E-state index in [-0.39, 0.29) is 5.75 Å². The van der Waals surface area contributed by atoms with Crippen molar-refractivity contribution in [2.75, 3.05) is 0 Å². The van der Waals surface area contributed by atoms with Crippen LogP contribution in [0.4, 0.5) is 0 Å². The summed E-state index contributed by atoms with van der Waals surface area (Å²) >= 11 is 0. The van der Waals surface area contributed by atoms with Crippen molar-refractivity contribution in [3.05, 3.63) is 29.8 Å². The van der Waals surface area contributed by atoms with E-state index in [1.807, 2.05) is 0 Å². The van der Waals surface area contributed by atoms with E-state index >= 15 is 0 Å². The summed E-state index contributed by atoms with van der Waals surface area (Å²) in [5, 5.41) is 8.79. The normalized spacial score (nSPS) is 9.20. The first-order valence-electron chi connectivity index (χ1n) is 2.79. The van der Waals surface area contributed by atoms with Crippen LogP contribution in [0.25, 0.3) is 0 Å². The molecule has 0 unspecified atom stereocenters. The molecule has 0 saturated carbocycles. The van der Waals surface area contributed by atoms with E-state index in [4.69, 9.17) is 10.8 Å². The number of primary amides is 1. The molecule has 1 rings (SSSR count). The lowest BCUT2D eigenvalue weighted by Gasteiger charge is -1.93. The zero-order valence-electron chi connectivity index (χ0n) is 5.24. The number of aromatic hydroxyl groups is 1. The fourth-order valence-electron chi connectivity index (χ4n) is 0.626. The summed E-state index contributed by atoms with van der Waals surface area (Å²) in [5.41, 5.74) is 5.34. The van der Waals surface area contributed by atoms with Crippen LogP contribution in [0.5, 0.6) is 5.75 Å². The Bertz CT molecular complexity index is 240. The molecule has 0 aromatic heterocycles. The summed E-state index contributed by atoms with van der Waals surface area (Å²) in [4.78, 5) is 10.5. The van der Waals surface area contributed by atoms with Gasteiger partial charge in [-0.1, -0.05) is 0 Å². The van der Waals surface area contributed by atoms with Crippen LogP contribution in [-0.2, 0) is 0 Å². The molecule has 0 spiro atoms. The largest absolute Gasteiger partial charge is 0.508 e. The van der Waals surface area contributed by atoms with Gasteiger partial charge in [-0.2, -0.15) is 0 Å². The van der Waals surface area contributed by atoms with Gasteiger partial charge in [-0.05, 0) is 24.3 Å². The van der Waals surface area contributed by atoms with Gasteiger partial charge in [0.2, 0.25) is 5.91 Å². The molecule has 3 heteroatoms. The summed E-state index contributed by atoms with van der Waals surface area (Å²) in [6, 6.07) is 5.77. The fraction of sp³-hybridized carbons (Fsp3) is 0. The lowest BCUT2D eigenvalue weighted by atomic mass is 9.91. The van der Waals surface area contributed by atoms with Crippen molar-refractivity contribution in [1.29, 1.82) is 0 Å². The van der Waals surface area contributed by atoms with Gasteiger partial charge in [0.25, 0.3) is 0 Å². The van der Waals surface area contributed by atoms with Gasteiger partial charge in [0.05, 0.1) is 0 Å². The molecule has 0 heterocycles. The fourth-order valence-corrected chi connectivity index (χ4v) is 0.626. The van der Waals surface area contributed by atoms with Gasteiger partial charge in [0.15, 0.2) is 0 Å². The Balaban J connectivity index is 3.00. The number of amides is 1. The van der Waals surface area contributed by atoms with E-state index in [9.17, 15) is 4.79 Å². The standard InChI is InChI=1S/C7H7NO2/c8-7(10)5-1-3-6(9)4-2-5/h1-4,9H,(H2,8,10)/i7-1. The molecule has 0 aliphatic rings. The van der Waals surface area contributed by atoms with Crippen LogP contribution < -0.4 is 5.73 Å². The van der Waals surface area contributed by atoms with Crippen molar-refractivity contribution in [3.63, 3.8) is 0 Å². The zero-order chi connectivity index (χ0) is 7.56. The average Bonchev–Trinajstić information content (AvgIpc) is 1.88. The number of nitrogens with two attached hydrogens (primary N) is 1. The maximum absolute atomic E-state index is 10.5. The summed E-state index contributed by atoms with van der Waals surface area (Å²) in [6.07, 6.45) is 0. The Labute approximate surface area is 58.1 Å².